The van der Waals surface area contributed by atoms with E-state index in [9.17, 15) is 18.3 Å². The quantitative estimate of drug-likeness (QED) is 0.313. The van der Waals surface area contributed by atoms with Gasteiger partial charge in [-0.1, -0.05) is 18.2 Å². The average Bonchev–Trinajstić information content (AvgIpc) is 3.20. The van der Waals surface area contributed by atoms with Crippen molar-refractivity contribution in [3.05, 3.63) is 53.6 Å². The first-order valence-electron chi connectivity index (χ1n) is 11.2. The topological polar surface area (TPSA) is 112 Å². The maximum absolute atomic E-state index is 14.3. The number of benzene rings is 1. The molecule has 1 aromatic carbocycles. The molecular formula is C23H29F3N6O2. The third-order valence-electron chi connectivity index (χ3n) is 5.88. The number of rotatable bonds is 11. The highest BCUT2D eigenvalue weighted by molar-refractivity contribution is 5.85. The third-order valence-corrected chi connectivity index (χ3v) is 5.88. The van der Waals surface area contributed by atoms with Gasteiger partial charge in [0.2, 0.25) is 5.88 Å². The number of fused-ring (bicyclic) bond motifs is 3. The largest absolute Gasteiger partial charge is 0.475 e. The molecule has 4 rings (SSSR count). The van der Waals surface area contributed by atoms with Crippen LogP contribution in [-0.4, -0.2) is 76.6 Å². The van der Waals surface area contributed by atoms with Crippen molar-refractivity contribution in [1.29, 1.82) is 0 Å². The molecule has 0 spiro atoms. The van der Waals surface area contributed by atoms with Crippen molar-refractivity contribution >= 4 is 10.9 Å². The van der Waals surface area contributed by atoms with Gasteiger partial charge in [0, 0.05) is 29.6 Å². The number of ether oxygens (including phenoxy) is 1. The molecule has 8 nitrogen and oxygen atoms in total. The maximum Gasteiger partial charge on any atom is 0.283 e. The summed E-state index contributed by atoms with van der Waals surface area (Å²) in [5.41, 5.74) is 9.38. The van der Waals surface area contributed by atoms with E-state index in [2.05, 4.69) is 20.3 Å². The van der Waals surface area contributed by atoms with E-state index in [1.807, 2.05) is 24.3 Å². The highest BCUT2D eigenvalue weighted by Crippen LogP contribution is 2.40. The van der Waals surface area contributed by atoms with Gasteiger partial charge in [-0.25, -0.2) is 13.8 Å². The van der Waals surface area contributed by atoms with Crippen molar-refractivity contribution in [3.63, 3.8) is 0 Å². The zero-order chi connectivity index (χ0) is 24.1. The van der Waals surface area contributed by atoms with Crippen molar-refractivity contribution in [3.8, 4) is 5.88 Å². The van der Waals surface area contributed by atoms with E-state index in [1.165, 1.54) is 17.3 Å². The summed E-state index contributed by atoms with van der Waals surface area (Å²) in [5.74, 6) is -3.04. The molecule has 2 atom stereocenters. The summed E-state index contributed by atoms with van der Waals surface area (Å²) in [6.07, 6.45) is 3.05. The Morgan fingerprint density at radius 2 is 2.06 bits per heavy atom. The van der Waals surface area contributed by atoms with Crippen LogP contribution in [0.3, 0.4) is 0 Å². The van der Waals surface area contributed by atoms with Crippen LogP contribution in [0.4, 0.5) is 13.2 Å². The number of H-pyrrole nitrogens is 1. The number of hydrogen-bond acceptors (Lipinski definition) is 7. The molecule has 0 unspecified atom stereocenters. The summed E-state index contributed by atoms with van der Waals surface area (Å²) in [6, 6.07) is 7.01. The maximum atomic E-state index is 14.3. The predicted molar refractivity (Wildman–Crippen MR) is 122 cm³/mol. The van der Waals surface area contributed by atoms with E-state index in [0.717, 1.165) is 22.2 Å². The molecule has 11 heteroatoms. The van der Waals surface area contributed by atoms with Gasteiger partial charge in [-0.05, 0) is 24.6 Å². The van der Waals surface area contributed by atoms with E-state index in [1.54, 1.807) is 0 Å². The second-order valence-corrected chi connectivity index (χ2v) is 8.34. The van der Waals surface area contributed by atoms with Crippen molar-refractivity contribution in [2.24, 2.45) is 5.73 Å². The van der Waals surface area contributed by atoms with E-state index in [0.29, 0.717) is 44.1 Å². The van der Waals surface area contributed by atoms with Gasteiger partial charge in [-0.3, -0.25) is 14.3 Å². The molecule has 0 aliphatic carbocycles. The number of halogens is 3. The molecular weight excluding hydrogens is 449 g/mol. The van der Waals surface area contributed by atoms with E-state index in [4.69, 9.17) is 10.5 Å². The van der Waals surface area contributed by atoms with Gasteiger partial charge < -0.3 is 25.9 Å². The minimum atomic E-state index is -3.33. The molecule has 2 aromatic heterocycles. The summed E-state index contributed by atoms with van der Waals surface area (Å²) < 4.78 is 46.2. The molecule has 0 fully saturated rings. The van der Waals surface area contributed by atoms with Gasteiger partial charge in [0.25, 0.3) is 5.92 Å². The normalized spacial score (nSPS) is 18.9. The fraction of sp³-hybridized carbons (Fsp3) is 0.478. The zero-order valence-electron chi connectivity index (χ0n) is 18.7. The van der Waals surface area contributed by atoms with Gasteiger partial charge in [0.05, 0.1) is 43.5 Å². The molecule has 0 amide bonds. The summed E-state index contributed by atoms with van der Waals surface area (Å²) >= 11 is 0. The van der Waals surface area contributed by atoms with E-state index >= 15 is 0 Å². The molecule has 0 bridgehead atoms. The van der Waals surface area contributed by atoms with Crippen LogP contribution >= 0.6 is 0 Å². The van der Waals surface area contributed by atoms with Gasteiger partial charge in [0.15, 0.2) is 0 Å². The lowest BCUT2D eigenvalue weighted by atomic mass is 9.93. The van der Waals surface area contributed by atoms with Crippen LogP contribution in [0.1, 0.15) is 29.4 Å². The van der Waals surface area contributed by atoms with Crippen molar-refractivity contribution in [2.75, 3.05) is 39.5 Å². The number of hydrogen-bond donors (Lipinski definition) is 4. The van der Waals surface area contributed by atoms with Crippen molar-refractivity contribution in [2.45, 2.75) is 31.0 Å². The smallest absolute Gasteiger partial charge is 0.283 e. The van der Waals surface area contributed by atoms with Crippen LogP contribution in [0.25, 0.3) is 10.9 Å². The van der Waals surface area contributed by atoms with Crippen LogP contribution in [0.5, 0.6) is 5.88 Å². The first kappa shape index (κ1) is 24.4. The lowest BCUT2D eigenvalue weighted by Gasteiger charge is -2.41. The Balaban J connectivity index is 1.60. The molecule has 3 aromatic rings. The summed E-state index contributed by atoms with van der Waals surface area (Å²) in [6.45, 7) is -0.952. The molecule has 3 heterocycles. The number of nitrogens with zero attached hydrogens (tertiary/aromatic N) is 3. The number of alkyl halides is 3. The Hall–Kier alpha value is -2.73. The number of para-hydroxylation sites is 1. The summed E-state index contributed by atoms with van der Waals surface area (Å²) in [7, 11) is 0. The lowest BCUT2D eigenvalue weighted by Crippen LogP contribution is -2.54. The molecule has 0 saturated carbocycles. The Labute approximate surface area is 195 Å². The molecule has 0 radical (unpaired) electrons. The number of aliphatic hydroxyl groups excluding tert-OH is 1. The molecule has 34 heavy (non-hydrogen) atoms. The fourth-order valence-electron chi connectivity index (χ4n) is 4.29. The molecule has 1 aliphatic rings. The van der Waals surface area contributed by atoms with Crippen LogP contribution in [-0.2, 0) is 6.42 Å². The first-order valence-corrected chi connectivity index (χ1v) is 11.2. The van der Waals surface area contributed by atoms with Crippen LogP contribution in [0, 0.1) is 0 Å². The molecule has 1 aliphatic heterocycles. The summed E-state index contributed by atoms with van der Waals surface area (Å²) in [4.78, 5) is 13.6. The van der Waals surface area contributed by atoms with Crippen molar-refractivity contribution < 1.29 is 23.0 Å². The highest BCUT2D eigenvalue weighted by atomic mass is 19.3. The molecule has 184 valence electrons. The monoisotopic (exact) mass is 478 g/mol. The SMILES string of the molecule is N[C@@H]1Cc2c([nH]c3ccccc23)[C@@H](c2cnc(OCCNCCCF)cn2)N1CC(F)(F)CO. The van der Waals surface area contributed by atoms with Crippen LogP contribution in [0.2, 0.25) is 0 Å². The Bertz CT molecular complexity index is 1080. The summed E-state index contributed by atoms with van der Waals surface area (Å²) in [5, 5.41) is 13.2. The minimum absolute atomic E-state index is 0.292. The number of aromatic amines is 1. The Kier molecular flexibility index (Phi) is 7.67. The average molecular weight is 479 g/mol. The highest BCUT2D eigenvalue weighted by Gasteiger charge is 2.42. The van der Waals surface area contributed by atoms with Gasteiger partial charge in [-0.15, -0.1) is 0 Å². The van der Waals surface area contributed by atoms with E-state index < -0.39 is 31.3 Å². The molecule has 0 saturated heterocycles. The third kappa shape index (κ3) is 5.33. The number of aliphatic hydroxyl groups is 1. The van der Waals surface area contributed by atoms with Gasteiger partial charge in [0.1, 0.15) is 13.2 Å². The molecule has 5 N–H and O–H groups in total. The fourth-order valence-corrected chi connectivity index (χ4v) is 4.29. The van der Waals surface area contributed by atoms with Crippen molar-refractivity contribution in [1.82, 2.24) is 25.2 Å². The Morgan fingerprint density at radius 1 is 1.24 bits per heavy atom. The Morgan fingerprint density at radius 3 is 2.79 bits per heavy atom. The number of nitrogens with two attached hydrogens (primary N) is 1. The first-order chi connectivity index (χ1) is 16.4. The second kappa shape index (κ2) is 10.7. The van der Waals surface area contributed by atoms with Crippen LogP contribution < -0.4 is 15.8 Å². The standard InChI is InChI=1S/C23H29F3N6O2/c24-6-3-7-28-8-9-34-20-12-29-18(11-30-20)22-21-16(15-4-1-2-5-17(15)31-21)10-19(27)32(22)13-23(25,26)14-33/h1-2,4-5,11-12,19,22,28,31,33H,3,6-10,13-14,27H2/t19-,22+/m0/s1. The number of nitrogens with one attached hydrogen (secondary N) is 2. The predicted octanol–water partition coefficient (Wildman–Crippen LogP) is 2.15. The second-order valence-electron chi connectivity index (χ2n) is 8.34. The van der Waals surface area contributed by atoms with Gasteiger partial charge >= 0.3 is 0 Å². The van der Waals surface area contributed by atoms with Gasteiger partial charge in [-0.2, -0.15) is 0 Å². The van der Waals surface area contributed by atoms with E-state index in [-0.39, 0.29) is 6.67 Å². The number of aromatic nitrogens is 3. The lowest BCUT2D eigenvalue weighted by molar-refractivity contribution is -0.0878. The minimum Gasteiger partial charge on any atom is -0.475 e. The zero-order valence-corrected chi connectivity index (χ0v) is 18.7. The van der Waals surface area contributed by atoms with Crippen LogP contribution in [0.15, 0.2) is 36.7 Å².